The van der Waals surface area contributed by atoms with E-state index in [1.54, 1.807) is 36.0 Å². The lowest BCUT2D eigenvalue weighted by molar-refractivity contribution is 0.456. The van der Waals surface area contributed by atoms with Crippen molar-refractivity contribution in [1.29, 1.82) is 0 Å². The van der Waals surface area contributed by atoms with Gasteiger partial charge >= 0.3 is 0 Å². The van der Waals surface area contributed by atoms with Crippen LogP contribution < -0.4 is 15.6 Å². The Morgan fingerprint density at radius 1 is 1.15 bits per heavy atom. The molecule has 0 saturated heterocycles. The molecular formula is C23H27ClN6O2S. The van der Waals surface area contributed by atoms with Gasteiger partial charge < -0.3 is 14.6 Å². The molecule has 1 saturated carbocycles. The molecule has 0 radical (unpaired) electrons. The number of anilines is 2. The van der Waals surface area contributed by atoms with Crippen LogP contribution in [0.2, 0.25) is 5.15 Å². The number of fused-ring (bicyclic) bond motifs is 1. The van der Waals surface area contributed by atoms with Crippen LogP contribution in [-0.4, -0.2) is 24.7 Å². The molecule has 0 unspecified atom stereocenters. The van der Waals surface area contributed by atoms with E-state index in [2.05, 4.69) is 25.5 Å². The number of aromatic nitrogens is 5. The summed E-state index contributed by atoms with van der Waals surface area (Å²) in [5, 5.41) is 12.2. The smallest absolute Gasteiger partial charge is 0.274 e. The van der Waals surface area contributed by atoms with E-state index in [0.717, 1.165) is 4.70 Å². The first-order valence-corrected chi connectivity index (χ1v) is 12.2. The quantitative estimate of drug-likeness (QED) is 0.331. The number of ether oxygens (including phenoxy) is 1. The maximum absolute atomic E-state index is 12.5. The Kier molecular flexibility index (Phi) is 8.35. The van der Waals surface area contributed by atoms with Crippen molar-refractivity contribution < 1.29 is 4.74 Å². The van der Waals surface area contributed by atoms with Crippen molar-refractivity contribution in [1.82, 2.24) is 24.7 Å². The van der Waals surface area contributed by atoms with Crippen molar-refractivity contribution in [2.75, 3.05) is 5.32 Å². The number of hydrogen-bond acceptors (Lipinski definition) is 8. The van der Waals surface area contributed by atoms with Crippen molar-refractivity contribution in [3.63, 3.8) is 0 Å². The molecule has 0 aromatic carbocycles. The van der Waals surface area contributed by atoms with E-state index in [1.807, 2.05) is 40.0 Å². The van der Waals surface area contributed by atoms with Gasteiger partial charge in [0, 0.05) is 31.6 Å². The number of rotatable bonds is 5. The van der Waals surface area contributed by atoms with Crippen molar-refractivity contribution in [3.05, 3.63) is 57.7 Å². The number of pyridine rings is 2. The van der Waals surface area contributed by atoms with Gasteiger partial charge in [-0.2, -0.15) is 4.98 Å². The van der Waals surface area contributed by atoms with Crippen LogP contribution in [0, 0.1) is 0 Å². The van der Waals surface area contributed by atoms with Gasteiger partial charge in [0.05, 0.1) is 4.70 Å². The van der Waals surface area contributed by atoms with Crippen LogP contribution in [-0.2, 0) is 7.05 Å². The average Bonchev–Trinajstić information content (AvgIpc) is 3.60. The van der Waals surface area contributed by atoms with Crippen LogP contribution in [0.3, 0.4) is 0 Å². The van der Waals surface area contributed by atoms with E-state index in [1.165, 1.54) is 29.7 Å². The highest BCUT2D eigenvalue weighted by molar-refractivity contribution is 7.22. The van der Waals surface area contributed by atoms with Gasteiger partial charge in [0.25, 0.3) is 5.56 Å². The molecule has 1 N–H and O–H groups in total. The summed E-state index contributed by atoms with van der Waals surface area (Å²) < 4.78 is 8.08. The highest BCUT2D eigenvalue weighted by Crippen LogP contribution is 2.40. The fourth-order valence-corrected chi connectivity index (χ4v) is 3.98. The molecule has 0 spiro atoms. The number of nitrogens with one attached hydrogen (secondary N) is 1. The second kappa shape index (κ2) is 11.2. The third-order valence-corrected chi connectivity index (χ3v) is 5.66. The maximum atomic E-state index is 12.5. The topological polar surface area (TPSA) is 94.8 Å². The van der Waals surface area contributed by atoms with Gasteiger partial charge in [-0.3, -0.25) is 4.79 Å². The van der Waals surface area contributed by atoms with Crippen LogP contribution in [0.4, 0.5) is 10.8 Å². The Bertz CT molecular complexity index is 1290. The van der Waals surface area contributed by atoms with Gasteiger partial charge in [-0.15, -0.1) is 10.2 Å². The van der Waals surface area contributed by atoms with Gasteiger partial charge in [-0.1, -0.05) is 50.6 Å². The third-order valence-electron chi connectivity index (χ3n) is 4.55. The predicted molar refractivity (Wildman–Crippen MR) is 134 cm³/mol. The summed E-state index contributed by atoms with van der Waals surface area (Å²) in [5.74, 6) is 1.38. The SMILES string of the molecule is CC.CC.Cn1cc(C2CC2)cc(Nc2nc3nnc(Oc4ccnc(Cl)c4)cc3s2)c1=O. The first-order valence-electron chi connectivity index (χ1n) is 11.0. The Balaban J connectivity index is 0.000000728. The summed E-state index contributed by atoms with van der Waals surface area (Å²) in [7, 11) is 1.76. The summed E-state index contributed by atoms with van der Waals surface area (Å²) in [6, 6.07) is 6.94. The summed E-state index contributed by atoms with van der Waals surface area (Å²) in [6.07, 6.45) is 5.79. The standard InChI is InChI=1S/C19H15ClN6O2S.2C2H6/c1-26-9-11(10-2-3-10)6-13(18(26)27)22-19-23-17-14(29-19)8-16(24-25-17)28-12-4-5-21-15(20)7-12;2*1-2/h4-10H,2-3H2,1H3,(H,22,23,25);2*1-2H3. The monoisotopic (exact) mass is 486 g/mol. The molecule has 174 valence electrons. The minimum atomic E-state index is -0.0988. The average molecular weight is 487 g/mol. The normalized spacial score (nSPS) is 12.3. The molecule has 33 heavy (non-hydrogen) atoms. The molecule has 0 atom stereocenters. The van der Waals surface area contributed by atoms with E-state index < -0.39 is 0 Å². The largest absolute Gasteiger partial charge is 0.437 e. The van der Waals surface area contributed by atoms with E-state index in [9.17, 15) is 4.79 Å². The molecule has 4 aromatic rings. The van der Waals surface area contributed by atoms with E-state index in [4.69, 9.17) is 16.3 Å². The summed E-state index contributed by atoms with van der Waals surface area (Å²) in [4.78, 5) is 20.8. The molecule has 1 aliphatic rings. The number of hydrogen-bond donors (Lipinski definition) is 1. The zero-order valence-corrected chi connectivity index (χ0v) is 20.9. The van der Waals surface area contributed by atoms with Crippen molar-refractivity contribution in [3.8, 4) is 11.6 Å². The second-order valence-electron chi connectivity index (χ2n) is 6.81. The van der Waals surface area contributed by atoms with Crippen molar-refractivity contribution >= 4 is 44.1 Å². The Hall–Kier alpha value is -3.04. The van der Waals surface area contributed by atoms with E-state index >= 15 is 0 Å². The molecular weight excluding hydrogens is 460 g/mol. The first kappa shape index (κ1) is 24.6. The van der Waals surface area contributed by atoms with Crippen LogP contribution in [0.1, 0.15) is 52.0 Å². The second-order valence-corrected chi connectivity index (χ2v) is 8.23. The Morgan fingerprint density at radius 3 is 2.61 bits per heavy atom. The molecule has 8 nitrogen and oxygen atoms in total. The molecule has 1 fully saturated rings. The molecule has 4 heterocycles. The van der Waals surface area contributed by atoms with Gasteiger partial charge in [-0.05, 0) is 36.5 Å². The lowest BCUT2D eigenvalue weighted by atomic mass is 10.2. The first-order chi connectivity index (χ1) is 16.0. The number of aryl methyl sites for hydroxylation is 1. The van der Waals surface area contributed by atoms with Crippen LogP contribution in [0.25, 0.3) is 10.3 Å². The molecule has 5 rings (SSSR count). The lowest BCUT2D eigenvalue weighted by Crippen LogP contribution is -2.19. The van der Waals surface area contributed by atoms with Gasteiger partial charge in [0.15, 0.2) is 10.8 Å². The highest BCUT2D eigenvalue weighted by atomic mass is 35.5. The summed E-state index contributed by atoms with van der Waals surface area (Å²) >= 11 is 7.25. The van der Waals surface area contributed by atoms with Crippen molar-refractivity contribution in [2.45, 2.75) is 46.5 Å². The molecule has 0 bridgehead atoms. The summed E-state index contributed by atoms with van der Waals surface area (Å²) in [5.41, 5.74) is 2.06. The maximum Gasteiger partial charge on any atom is 0.274 e. The lowest BCUT2D eigenvalue weighted by Gasteiger charge is -2.08. The Morgan fingerprint density at radius 2 is 1.91 bits per heavy atom. The molecule has 4 aromatic heterocycles. The van der Waals surface area contributed by atoms with Gasteiger partial charge in [0.1, 0.15) is 16.6 Å². The molecule has 0 amide bonds. The minimum absolute atomic E-state index is 0.0988. The third kappa shape index (κ3) is 6.06. The summed E-state index contributed by atoms with van der Waals surface area (Å²) in [6.45, 7) is 8.00. The van der Waals surface area contributed by atoms with Gasteiger partial charge in [-0.25, -0.2) is 4.98 Å². The highest BCUT2D eigenvalue weighted by Gasteiger charge is 2.25. The van der Waals surface area contributed by atoms with E-state index in [-0.39, 0.29) is 5.56 Å². The van der Waals surface area contributed by atoms with Crippen molar-refractivity contribution in [2.24, 2.45) is 7.05 Å². The number of nitrogens with zero attached hydrogens (tertiary/aromatic N) is 5. The molecule has 1 aliphatic carbocycles. The minimum Gasteiger partial charge on any atom is -0.437 e. The van der Waals surface area contributed by atoms with Crippen LogP contribution in [0.15, 0.2) is 41.5 Å². The molecule has 0 aliphatic heterocycles. The van der Waals surface area contributed by atoms with E-state index in [0.29, 0.717) is 39.2 Å². The van der Waals surface area contributed by atoms with Gasteiger partial charge in [0.2, 0.25) is 5.88 Å². The predicted octanol–water partition coefficient (Wildman–Crippen LogP) is 6.30. The number of halogens is 1. The zero-order valence-electron chi connectivity index (χ0n) is 19.3. The number of thiazole rings is 1. The zero-order chi connectivity index (χ0) is 24.0. The van der Waals surface area contributed by atoms with Crippen LogP contribution in [0.5, 0.6) is 11.6 Å². The fraction of sp³-hybridized carbons (Fsp3) is 0.348. The Labute approximate surface area is 201 Å². The molecule has 10 heteroatoms. The van der Waals surface area contributed by atoms with Crippen LogP contribution >= 0.6 is 22.9 Å². The fourth-order valence-electron chi connectivity index (χ4n) is 2.98.